The molecule has 6 heteroatoms. The van der Waals surface area contributed by atoms with Crippen LogP contribution in [0.2, 0.25) is 0 Å². The van der Waals surface area contributed by atoms with Crippen LogP contribution < -0.4 is 0 Å². The number of nitrogens with zero attached hydrogens (tertiary/aromatic N) is 2. The largest absolute Gasteiger partial charge is 0.437 e. The first-order valence-electron chi connectivity index (χ1n) is 5.22. The molecule has 0 saturated carbocycles. The van der Waals surface area contributed by atoms with Crippen LogP contribution in [0.25, 0.3) is 11.1 Å². The van der Waals surface area contributed by atoms with Crippen LogP contribution in [0, 0.1) is 0 Å². The lowest BCUT2D eigenvalue weighted by Gasteiger charge is -2.07. The highest BCUT2D eigenvalue weighted by Crippen LogP contribution is 2.40. The Hall–Kier alpha value is -2.11. The van der Waals surface area contributed by atoms with E-state index in [4.69, 9.17) is 4.52 Å². The Kier molecular flexibility index (Phi) is 2.26. The molecule has 18 heavy (non-hydrogen) atoms. The zero-order valence-corrected chi connectivity index (χ0v) is 9.03. The molecule has 0 bridgehead atoms. The third kappa shape index (κ3) is 1.61. The van der Waals surface area contributed by atoms with E-state index in [2.05, 4.69) is 10.1 Å². The zero-order valence-electron chi connectivity index (χ0n) is 9.03. The summed E-state index contributed by atoms with van der Waals surface area (Å²) < 4.78 is 43.4. The van der Waals surface area contributed by atoms with Gasteiger partial charge in [0.15, 0.2) is 11.5 Å². The highest BCUT2D eigenvalue weighted by molar-refractivity contribution is 5.92. The van der Waals surface area contributed by atoms with E-state index in [1.807, 2.05) is 0 Å². The summed E-state index contributed by atoms with van der Waals surface area (Å²) in [7, 11) is 0. The maximum absolute atomic E-state index is 12.9. The van der Waals surface area contributed by atoms with Gasteiger partial charge in [-0.15, -0.1) is 0 Å². The van der Waals surface area contributed by atoms with Crippen molar-refractivity contribution >= 4 is 6.21 Å². The molecule has 0 fully saturated rings. The highest BCUT2D eigenvalue weighted by Gasteiger charge is 2.40. The van der Waals surface area contributed by atoms with Crippen molar-refractivity contribution in [2.75, 3.05) is 0 Å². The van der Waals surface area contributed by atoms with Crippen molar-refractivity contribution in [2.45, 2.75) is 12.7 Å². The summed E-state index contributed by atoms with van der Waals surface area (Å²) in [4.78, 5) is 4.02. The molecule has 1 aromatic carbocycles. The standard InChI is InChI=1S/C12H7F3N2O/c13-12(14,15)11-10-8-4-2-1-3-7(8)5-16-6-9(10)18-17-11/h1-5H,6H2. The monoisotopic (exact) mass is 252 g/mol. The van der Waals surface area contributed by atoms with Gasteiger partial charge in [-0.2, -0.15) is 13.2 Å². The van der Waals surface area contributed by atoms with Crippen molar-refractivity contribution in [1.82, 2.24) is 5.16 Å². The van der Waals surface area contributed by atoms with Gasteiger partial charge in [0.1, 0.15) is 6.54 Å². The molecule has 1 aliphatic rings. The Labute approximate surface area is 99.9 Å². The minimum Gasteiger partial charge on any atom is -0.358 e. The molecule has 1 aromatic heterocycles. The van der Waals surface area contributed by atoms with E-state index < -0.39 is 11.9 Å². The average Bonchev–Trinajstić information content (AvgIpc) is 2.66. The molecule has 92 valence electrons. The number of fused-ring (bicyclic) bond motifs is 3. The Morgan fingerprint density at radius 3 is 2.72 bits per heavy atom. The van der Waals surface area contributed by atoms with Gasteiger partial charge in [0.2, 0.25) is 0 Å². The topological polar surface area (TPSA) is 38.4 Å². The number of alkyl halides is 3. The summed E-state index contributed by atoms with van der Waals surface area (Å²) in [5.41, 5.74) is 0.0818. The Bertz CT molecular complexity index is 628. The Morgan fingerprint density at radius 1 is 1.17 bits per heavy atom. The first-order valence-corrected chi connectivity index (χ1v) is 5.22. The van der Waals surface area contributed by atoms with E-state index in [9.17, 15) is 13.2 Å². The number of hydrogen-bond acceptors (Lipinski definition) is 3. The second kappa shape index (κ2) is 3.69. The molecule has 2 aromatic rings. The van der Waals surface area contributed by atoms with Crippen LogP contribution in [0.15, 0.2) is 33.8 Å². The molecule has 0 radical (unpaired) electrons. The fraction of sp³-hybridized carbons (Fsp3) is 0.167. The fourth-order valence-corrected chi connectivity index (χ4v) is 1.97. The summed E-state index contributed by atoms with van der Waals surface area (Å²) in [5.74, 6) is 0.142. The van der Waals surface area contributed by atoms with Gasteiger partial charge >= 0.3 is 6.18 Å². The molecule has 0 N–H and O–H groups in total. The third-order valence-corrected chi connectivity index (χ3v) is 2.73. The van der Waals surface area contributed by atoms with Crippen molar-refractivity contribution in [3.63, 3.8) is 0 Å². The van der Waals surface area contributed by atoms with Crippen LogP contribution in [-0.2, 0) is 12.7 Å². The molecule has 2 heterocycles. The molecule has 3 rings (SSSR count). The van der Waals surface area contributed by atoms with Crippen LogP contribution in [0.5, 0.6) is 0 Å². The normalized spacial score (nSPS) is 13.9. The second-order valence-electron chi connectivity index (χ2n) is 3.88. The molecule has 3 nitrogen and oxygen atoms in total. The fourth-order valence-electron chi connectivity index (χ4n) is 1.97. The number of rotatable bonds is 0. The zero-order chi connectivity index (χ0) is 12.8. The van der Waals surface area contributed by atoms with E-state index in [1.54, 1.807) is 30.5 Å². The van der Waals surface area contributed by atoms with Crippen LogP contribution in [-0.4, -0.2) is 11.4 Å². The number of benzene rings is 1. The van der Waals surface area contributed by atoms with Crippen molar-refractivity contribution < 1.29 is 17.7 Å². The lowest BCUT2D eigenvalue weighted by atomic mass is 9.99. The second-order valence-corrected chi connectivity index (χ2v) is 3.88. The first-order chi connectivity index (χ1) is 8.57. The number of aliphatic imine (C=N–C) groups is 1. The minimum absolute atomic E-state index is 0.00407. The summed E-state index contributed by atoms with van der Waals surface area (Å²) in [6.45, 7) is 0.0626. The number of aromatic nitrogens is 1. The van der Waals surface area contributed by atoms with Crippen LogP contribution >= 0.6 is 0 Å². The van der Waals surface area contributed by atoms with Crippen molar-refractivity contribution in [3.05, 3.63) is 41.3 Å². The molecule has 1 aliphatic heterocycles. The summed E-state index contributed by atoms with van der Waals surface area (Å²) in [6.07, 6.45) is -2.99. The molecule has 0 unspecified atom stereocenters. The predicted molar refractivity (Wildman–Crippen MR) is 58.2 cm³/mol. The Balaban J connectivity index is 2.31. The van der Waals surface area contributed by atoms with Gasteiger partial charge in [-0.1, -0.05) is 29.4 Å². The highest BCUT2D eigenvalue weighted by atomic mass is 19.4. The van der Waals surface area contributed by atoms with Crippen LogP contribution in [0.1, 0.15) is 17.0 Å². The van der Waals surface area contributed by atoms with E-state index in [1.165, 1.54) is 0 Å². The van der Waals surface area contributed by atoms with Gasteiger partial charge in [-0.25, -0.2) is 0 Å². The molecule has 0 amide bonds. The van der Waals surface area contributed by atoms with Crippen molar-refractivity contribution in [3.8, 4) is 11.1 Å². The minimum atomic E-state index is -4.53. The van der Waals surface area contributed by atoms with E-state index in [0.717, 1.165) is 0 Å². The summed E-state index contributed by atoms with van der Waals surface area (Å²) >= 11 is 0. The molecular formula is C12H7F3N2O. The maximum Gasteiger partial charge on any atom is 0.437 e. The first kappa shape index (κ1) is 11.0. The van der Waals surface area contributed by atoms with Gasteiger partial charge < -0.3 is 4.52 Å². The van der Waals surface area contributed by atoms with Gasteiger partial charge in [0.25, 0.3) is 0 Å². The average molecular weight is 252 g/mol. The lowest BCUT2D eigenvalue weighted by molar-refractivity contribution is -0.142. The van der Waals surface area contributed by atoms with E-state index in [-0.39, 0.29) is 17.9 Å². The van der Waals surface area contributed by atoms with E-state index >= 15 is 0 Å². The van der Waals surface area contributed by atoms with Crippen molar-refractivity contribution in [2.24, 2.45) is 4.99 Å². The number of hydrogen-bond donors (Lipinski definition) is 0. The quantitative estimate of drug-likeness (QED) is 0.721. The van der Waals surface area contributed by atoms with Gasteiger partial charge in [0, 0.05) is 11.8 Å². The molecular weight excluding hydrogens is 245 g/mol. The predicted octanol–water partition coefficient (Wildman–Crippen LogP) is 3.29. The van der Waals surface area contributed by atoms with Crippen LogP contribution in [0.3, 0.4) is 0 Å². The number of halogens is 3. The lowest BCUT2D eigenvalue weighted by Crippen LogP contribution is -2.07. The maximum atomic E-state index is 12.9. The van der Waals surface area contributed by atoms with Crippen LogP contribution in [0.4, 0.5) is 13.2 Å². The third-order valence-electron chi connectivity index (χ3n) is 2.73. The smallest absolute Gasteiger partial charge is 0.358 e. The van der Waals surface area contributed by atoms with Gasteiger partial charge in [-0.3, -0.25) is 4.99 Å². The molecule has 0 atom stereocenters. The van der Waals surface area contributed by atoms with Gasteiger partial charge in [0.05, 0.1) is 5.56 Å². The summed E-state index contributed by atoms with van der Waals surface area (Å²) in [6, 6.07) is 6.74. The van der Waals surface area contributed by atoms with Gasteiger partial charge in [-0.05, 0) is 5.56 Å². The molecule has 0 saturated heterocycles. The summed E-state index contributed by atoms with van der Waals surface area (Å²) in [5, 5.41) is 3.14. The molecule has 0 spiro atoms. The SMILES string of the molecule is FC(F)(F)c1noc2c1-c1ccccc1C=NC2. The molecule has 0 aliphatic carbocycles. The van der Waals surface area contributed by atoms with Crippen molar-refractivity contribution in [1.29, 1.82) is 0 Å². The Morgan fingerprint density at radius 2 is 1.94 bits per heavy atom. The van der Waals surface area contributed by atoms with E-state index in [0.29, 0.717) is 11.1 Å².